The Labute approximate surface area is 123 Å². The van der Waals surface area contributed by atoms with Crippen LogP contribution in [-0.4, -0.2) is 5.78 Å². The highest BCUT2D eigenvalue weighted by molar-refractivity contribution is 6.31. The molecule has 0 unspecified atom stereocenters. The molecule has 2 aromatic rings. The monoisotopic (exact) mass is 290 g/mol. The van der Waals surface area contributed by atoms with Crippen LogP contribution in [0.2, 0.25) is 5.02 Å². The predicted molar refractivity (Wildman–Crippen MR) is 80.0 cm³/mol. The molecule has 0 heterocycles. The first-order valence-corrected chi connectivity index (χ1v) is 6.93. The fourth-order valence-corrected chi connectivity index (χ4v) is 2.19. The van der Waals surface area contributed by atoms with E-state index in [2.05, 4.69) is 13.8 Å². The van der Waals surface area contributed by atoms with Crippen molar-refractivity contribution in [2.45, 2.75) is 26.2 Å². The van der Waals surface area contributed by atoms with Gasteiger partial charge in [0.25, 0.3) is 0 Å². The van der Waals surface area contributed by atoms with Gasteiger partial charge < -0.3 is 0 Å². The van der Waals surface area contributed by atoms with E-state index in [4.69, 9.17) is 11.6 Å². The van der Waals surface area contributed by atoms with Crippen molar-refractivity contribution in [2.24, 2.45) is 0 Å². The predicted octanol–water partition coefficient (Wildman–Crippen LogP) is 5.03. The lowest BCUT2D eigenvalue weighted by atomic mass is 9.98. The highest BCUT2D eigenvalue weighted by Crippen LogP contribution is 2.20. The Balaban J connectivity index is 2.17. The van der Waals surface area contributed by atoms with Gasteiger partial charge in [-0.05, 0) is 29.2 Å². The molecular weight excluding hydrogens is 275 g/mol. The molecule has 0 aliphatic rings. The number of carbonyl (C=O) groups excluding carboxylic acids is 1. The minimum absolute atomic E-state index is 0.0222. The molecule has 20 heavy (non-hydrogen) atoms. The van der Waals surface area contributed by atoms with Crippen LogP contribution >= 0.6 is 11.6 Å². The van der Waals surface area contributed by atoms with Crippen LogP contribution in [0.4, 0.5) is 4.39 Å². The lowest BCUT2D eigenvalue weighted by Crippen LogP contribution is -2.06. The average Bonchev–Trinajstić information content (AvgIpc) is 2.42. The summed E-state index contributed by atoms with van der Waals surface area (Å²) in [5.41, 5.74) is 2.14. The molecule has 0 radical (unpaired) electrons. The third-order valence-corrected chi connectivity index (χ3v) is 3.55. The van der Waals surface area contributed by atoms with Crippen LogP contribution in [0.5, 0.6) is 0 Å². The summed E-state index contributed by atoms with van der Waals surface area (Å²) in [6.45, 7) is 4.23. The summed E-state index contributed by atoms with van der Waals surface area (Å²) < 4.78 is 13.8. The van der Waals surface area contributed by atoms with Gasteiger partial charge in [0.1, 0.15) is 0 Å². The second-order valence-electron chi connectivity index (χ2n) is 5.10. The summed E-state index contributed by atoms with van der Waals surface area (Å²) in [6, 6.07) is 12.3. The molecule has 0 aliphatic heterocycles. The molecule has 0 saturated carbocycles. The van der Waals surface area contributed by atoms with Crippen LogP contribution in [0, 0.1) is 5.82 Å². The van der Waals surface area contributed by atoms with Gasteiger partial charge in [-0.25, -0.2) is 4.39 Å². The summed E-state index contributed by atoms with van der Waals surface area (Å²) in [7, 11) is 0. The van der Waals surface area contributed by atoms with Gasteiger partial charge in [0, 0.05) is 6.42 Å². The topological polar surface area (TPSA) is 17.1 Å². The number of Topliss-reactive ketones (excluding diaryl/α,β-unsaturated/α-hetero) is 1. The fraction of sp³-hybridized carbons (Fsp3) is 0.235. The molecule has 0 atom stereocenters. The number of hydrogen-bond donors (Lipinski definition) is 0. The van der Waals surface area contributed by atoms with Crippen LogP contribution in [0.1, 0.15) is 41.3 Å². The molecule has 2 rings (SSSR count). The first-order chi connectivity index (χ1) is 9.49. The zero-order valence-electron chi connectivity index (χ0n) is 11.5. The average molecular weight is 291 g/mol. The summed E-state index contributed by atoms with van der Waals surface area (Å²) in [5, 5.41) is -0.0222. The molecule has 1 nitrogen and oxygen atoms in total. The quantitative estimate of drug-likeness (QED) is 0.722. The molecule has 3 heteroatoms. The van der Waals surface area contributed by atoms with Crippen molar-refractivity contribution >= 4 is 17.4 Å². The Kier molecular flexibility index (Phi) is 4.56. The molecule has 0 N–H and O–H groups in total. The first-order valence-electron chi connectivity index (χ1n) is 6.55. The third kappa shape index (κ3) is 3.26. The second kappa shape index (κ2) is 6.19. The van der Waals surface area contributed by atoms with Gasteiger partial charge in [-0.15, -0.1) is 0 Å². The SMILES string of the molecule is CC(C)c1ccc(CC(=O)c2cccc(Cl)c2F)cc1. The Bertz CT molecular complexity index is 617. The fourth-order valence-electron chi connectivity index (χ4n) is 2.02. The molecular formula is C17H16ClFO. The van der Waals surface area contributed by atoms with Gasteiger partial charge >= 0.3 is 0 Å². The van der Waals surface area contributed by atoms with E-state index in [9.17, 15) is 9.18 Å². The van der Waals surface area contributed by atoms with E-state index >= 15 is 0 Å². The smallest absolute Gasteiger partial charge is 0.170 e. The minimum Gasteiger partial charge on any atom is -0.294 e. The van der Waals surface area contributed by atoms with Crippen LogP contribution < -0.4 is 0 Å². The van der Waals surface area contributed by atoms with Gasteiger partial charge in [-0.1, -0.05) is 55.8 Å². The summed E-state index contributed by atoms with van der Waals surface area (Å²) in [5.74, 6) is -0.453. The van der Waals surface area contributed by atoms with Crippen molar-refractivity contribution in [1.29, 1.82) is 0 Å². The van der Waals surface area contributed by atoms with Crippen LogP contribution in [0.15, 0.2) is 42.5 Å². The van der Waals surface area contributed by atoms with E-state index < -0.39 is 5.82 Å². The van der Waals surface area contributed by atoms with Crippen LogP contribution in [-0.2, 0) is 6.42 Å². The molecule has 0 bridgehead atoms. The van der Waals surface area contributed by atoms with Crippen molar-refractivity contribution < 1.29 is 9.18 Å². The molecule has 0 aliphatic carbocycles. The van der Waals surface area contributed by atoms with Gasteiger partial charge in [-0.2, -0.15) is 0 Å². The van der Waals surface area contributed by atoms with E-state index in [0.717, 1.165) is 5.56 Å². The number of hydrogen-bond acceptors (Lipinski definition) is 1. The van der Waals surface area contributed by atoms with Crippen LogP contribution in [0.3, 0.4) is 0 Å². The van der Waals surface area contributed by atoms with E-state index in [-0.39, 0.29) is 22.8 Å². The maximum atomic E-state index is 13.8. The third-order valence-electron chi connectivity index (χ3n) is 3.26. The molecule has 0 spiro atoms. The minimum atomic E-state index is -0.641. The van der Waals surface area contributed by atoms with Crippen LogP contribution in [0.25, 0.3) is 0 Å². The highest BCUT2D eigenvalue weighted by Gasteiger charge is 2.14. The Morgan fingerprint density at radius 1 is 1.15 bits per heavy atom. The lowest BCUT2D eigenvalue weighted by molar-refractivity contribution is 0.0989. The van der Waals surface area contributed by atoms with Crippen molar-refractivity contribution in [1.82, 2.24) is 0 Å². The zero-order chi connectivity index (χ0) is 14.7. The number of carbonyl (C=O) groups is 1. The number of rotatable bonds is 4. The Morgan fingerprint density at radius 2 is 1.80 bits per heavy atom. The first kappa shape index (κ1) is 14.7. The number of halogens is 2. The van der Waals surface area contributed by atoms with Crippen molar-refractivity contribution in [2.75, 3.05) is 0 Å². The summed E-state index contributed by atoms with van der Waals surface area (Å²) in [4.78, 5) is 12.1. The normalized spacial score (nSPS) is 10.8. The summed E-state index contributed by atoms with van der Waals surface area (Å²) >= 11 is 5.69. The largest absolute Gasteiger partial charge is 0.294 e. The second-order valence-corrected chi connectivity index (χ2v) is 5.50. The van der Waals surface area contributed by atoms with Gasteiger partial charge in [-0.3, -0.25) is 4.79 Å². The van der Waals surface area contributed by atoms with Gasteiger partial charge in [0.2, 0.25) is 0 Å². The summed E-state index contributed by atoms with van der Waals surface area (Å²) in [6.07, 6.45) is 0.176. The standard InChI is InChI=1S/C17H16ClFO/c1-11(2)13-8-6-12(7-9-13)10-16(20)14-4-3-5-15(18)17(14)19/h3-9,11H,10H2,1-2H3. The maximum absolute atomic E-state index is 13.8. The van der Waals surface area contributed by atoms with E-state index in [0.29, 0.717) is 5.92 Å². The van der Waals surface area contributed by atoms with Gasteiger partial charge in [0.15, 0.2) is 11.6 Å². The van der Waals surface area contributed by atoms with E-state index in [1.165, 1.54) is 17.7 Å². The number of benzene rings is 2. The molecule has 2 aromatic carbocycles. The van der Waals surface area contributed by atoms with Gasteiger partial charge in [0.05, 0.1) is 10.6 Å². The van der Waals surface area contributed by atoms with E-state index in [1.807, 2.05) is 24.3 Å². The maximum Gasteiger partial charge on any atom is 0.170 e. The highest BCUT2D eigenvalue weighted by atomic mass is 35.5. The van der Waals surface area contributed by atoms with Crippen molar-refractivity contribution in [3.8, 4) is 0 Å². The van der Waals surface area contributed by atoms with E-state index in [1.54, 1.807) is 6.07 Å². The molecule has 0 saturated heterocycles. The Hall–Kier alpha value is -1.67. The van der Waals surface area contributed by atoms with Crippen molar-refractivity contribution in [3.63, 3.8) is 0 Å². The zero-order valence-corrected chi connectivity index (χ0v) is 12.2. The number of ketones is 1. The molecule has 0 fully saturated rings. The molecule has 0 amide bonds. The lowest BCUT2D eigenvalue weighted by Gasteiger charge is -2.07. The molecule has 0 aromatic heterocycles. The Morgan fingerprint density at radius 3 is 2.40 bits per heavy atom. The molecule has 104 valence electrons. The van der Waals surface area contributed by atoms with Crippen molar-refractivity contribution in [3.05, 3.63) is 70.0 Å².